The molecule has 0 heterocycles. The fraction of sp³-hybridized carbons (Fsp3) is 0.500. The van der Waals surface area contributed by atoms with E-state index in [9.17, 15) is 9.18 Å². The van der Waals surface area contributed by atoms with E-state index in [4.69, 9.17) is 18.0 Å². The molecule has 3 N–H and O–H groups in total. The number of aryl methyl sites for hydroxylation is 1. The van der Waals surface area contributed by atoms with Crippen LogP contribution < -0.4 is 11.1 Å². The summed E-state index contributed by atoms with van der Waals surface area (Å²) in [5.74, 6) is -0.371. The third kappa shape index (κ3) is 4.00. The maximum Gasteiger partial charge on any atom is 0.233 e. The van der Waals surface area contributed by atoms with Crippen LogP contribution in [0.2, 0.25) is 0 Å². The topological polar surface area (TPSA) is 55.1 Å². The lowest BCUT2D eigenvalue weighted by Crippen LogP contribution is -2.48. The highest BCUT2D eigenvalue weighted by atomic mass is 32.1. The lowest BCUT2D eigenvalue weighted by Gasteiger charge is -2.29. The second-order valence-corrected chi connectivity index (χ2v) is 5.67. The van der Waals surface area contributed by atoms with Crippen LogP contribution in [0.4, 0.5) is 4.39 Å². The molecule has 0 bridgehead atoms. The molecule has 0 aliphatic heterocycles. The molecule has 5 heteroatoms. The van der Waals surface area contributed by atoms with Crippen molar-refractivity contribution in [1.82, 2.24) is 5.32 Å². The number of carbonyl (C=O) groups excluding carboxylic acids is 1. The van der Waals surface area contributed by atoms with Crippen molar-refractivity contribution in [2.45, 2.75) is 40.0 Å². The van der Waals surface area contributed by atoms with E-state index in [2.05, 4.69) is 5.32 Å². The summed E-state index contributed by atoms with van der Waals surface area (Å²) in [5, 5.41) is 2.90. The van der Waals surface area contributed by atoms with Gasteiger partial charge >= 0.3 is 0 Å². The lowest BCUT2D eigenvalue weighted by molar-refractivity contribution is -0.127. The van der Waals surface area contributed by atoms with Crippen molar-refractivity contribution in [3.8, 4) is 0 Å². The van der Waals surface area contributed by atoms with Gasteiger partial charge in [-0.25, -0.2) is 4.39 Å². The van der Waals surface area contributed by atoms with Gasteiger partial charge in [-0.1, -0.05) is 32.1 Å². The van der Waals surface area contributed by atoms with E-state index < -0.39 is 5.41 Å². The minimum atomic E-state index is -0.771. The Morgan fingerprint density at radius 1 is 1.38 bits per heavy atom. The Morgan fingerprint density at radius 2 is 2.00 bits per heavy atom. The van der Waals surface area contributed by atoms with E-state index in [0.717, 1.165) is 11.1 Å². The molecule has 0 radical (unpaired) electrons. The number of nitrogens with one attached hydrogen (secondary N) is 1. The third-order valence-electron chi connectivity index (χ3n) is 4.10. The van der Waals surface area contributed by atoms with Gasteiger partial charge in [0.25, 0.3) is 0 Å². The van der Waals surface area contributed by atoms with E-state index >= 15 is 0 Å². The van der Waals surface area contributed by atoms with E-state index in [-0.39, 0.29) is 16.7 Å². The molecular formula is C16H23FN2OS. The molecule has 0 aliphatic rings. The van der Waals surface area contributed by atoms with Gasteiger partial charge < -0.3 is 11.1 Å². The molecule has 1 amide bonds. The first-order valence-electron chi connectivity index (χ1n) is 7.20. The SMILES string of the molecule is CCC(CC)(C(=O)NCCc1ccc(F)cc1C)C(N)=S. The molecule has 0 fully saturated rings. The summed E-state index contributed by atoms with van der Waals surface area (Å²) in [6, 6.07) is 4.67. The molecule has 0 unspecified atom stereocenters. The van der Waals surface area contributed by atoms with Crippen LogP contribution in [0.5, 0.6) is 0 Å². The molecule has 0 saturated carbocycles. The highest BCUT2D eigenvalue weighted by molar-refractivity contribution is 7.80. The second kappa shape index (κ2) is 7.50. The van der Waals surface area contributed by atoms with Crippen molar-refractivity contribution in [3.63, 3.8) is 0 Å². The number of hydrogen-bond donors (Lipinski definition) is 2. The van der Waals surface area contributed by atoms with Gasteiger partial charge in [-0.05, 0) is 49.4 Å². The fourth-order valence-electron chi connectivity index (χ4n) is 2.45. The van der Waals surface area contributed by atoms with E-state index in [1.807, 2.05) is 20.8 Å². The molecule has 0 saturated heterocycles. The Morgan fingerprint density at radius 3 is 2.48 bits per heavy atom. The van der Waals surface area contributed by atoms with E-state index in [1.54, 1.807) is 6.07 Å². The number of carbonyl (C=O) groups is 1. The highest BCUT2D eigenvalue weighted by Gasteiger charge is 2.37. The normalized spacial score (nSPS) is 11.2. The summed E-state index contributed by atoms with van der Waals surface area (Å²) in [6.07, 6.45) is 1.82. The number of thiocarbonyl (C=S) groups is 1. The molecule has 0 aromatic heterocycles. The van der Waals surface area contributed by atoms with Gasteiger partial charge in [0.05, 0.1) is 10.4 Å². The van der Waals surface area contributed by atoms with Crippen molar-refractivity contribution in [2.75, 3.05) is 6.54 Å². The molecule has 0 aliphatic carbocycles. The maximum atomic E-state index is 13.0. The van der Waals surface area contributed by atoms with Crippen LogP contribution in [-0.2, 0) is 11.2 Å². The largest absolute Gasteiger partial charge is 0.392 e. The Labute approximate surface area is 131 Å². The molecule has 0 spiro atoms. The third-order valence-corrected chi connectivity index (χ3v) is 4.49. The van der Waals surface area contributed by atoms with Gasteiger partial charge in [0.1, 0.15) is 5.82 Å². The summed E-state index contributed by atoms with van der Waals surface area (Å²) in [7, 11) is 0. The summed E-state index contributed by atoms with van der Waals surface area (Å²) in [5.41, 5.74) is 6.88. The number of halogens is 1. The number of rotatable bonds is 7. The maximum absolute atomic E-state index is 13.0. The average Bonchev–Trinajstić information content (AvgIpc) is 2.43. The first kappa shape index (κ1) is 17.6. The number of hydrogen-bond acceptors (Lipinski definition) is 2. The summed E-state index contributed by atoms with van der Waals surface area (Å²) in [4.78, 5) is 12.6. The Bertz CT molecular complexity index is 527. The van der Waals surface area contributed by atoms with Crippen molar-refractivity contribution < 1.29 is 9.18 Å². The zero-order valence-corrected chi connectivity index (χ0v) is 13.6. The van der Waals surface area contributed by atoms with Gasteiger partial charge in [0.15, 0.2) is 0 Å². The molecule has 1 aromatic carbocycles. The van der Waals surface area contributed by atoms with Crippen LogP contribution >= 0.6 is 12.2 Å². The van der Waals surface area contributed by atoms with Crippen LogP contribution in [0, 0.1) is 18.2 Å². The van der Waals surface area contributed by atoms with Crippen molar-refractivity contribution in [2.24, 2.45) is 11.1 Å². The van der Waals surface area contributed by atoms with E-state index in [0.29, 0.717) is 25.8 Å². The molecule has 0 atom stereocenters. The fourth-order valence-corrected chi connectivity index (χ4v) is 2.83. The zero-order valence-electron chi connectivity index (χ0n) is 12.8. The number of nitrogens with two attached hydrogens (primary N) is 1. The lowest BCUT2D eigenvalue weighted by atomic mass is 9.81. The van der Waals surface area contributed by atoms with Crippen LogP contribution in [0.3, 0.4) is 0 Å². The smallest absolute Gasteiger partial charge is 0.233 e. The van der Waals surface area contributed by atoms with Crippen LogP contribution in [0.25, 0.3) is 0 Å². The first-order valence-corrected chi connectivity index (χ1v) is 7.61. The zero-order chi connectivity index (χ0) is 16.0. The molecule has 116 valence electrons. The first-order chi connectivity index (χ1) is 9.87. The molecule has 1 rings (SSSR count). The van der Waals surface area contributed by atoms with Crippen molar-refractivity contribution in [3.05, 3.63) is 35.1 Å². The average molecular weight is 310 g/mol. The summed E-state index contributed by atoms with van der Waals surface area (Å²) < 4.78 is 13.0. The minimum absolute atomic E-state index is 0.125. The molecule has 21 heavy (non-hydrogen) atoms. The molecular weight excluding hydrogens is 287 g/mol. The Kier molecular flexibility index (Phi) is 6.27. The van der Waals surface area contributed by atoms with Crippen LogP contribution in [0.1, 0.15) is 37.8 Å². The predicted molar refractivity (Wildman–Crippen MR) is 87.7 cm³/mol. The Balaban J connectivity index is 2.66. The minimum Gasteiger partial charge on any atom is -0.392 e. The quantitative estimate of drug-likeness (QED) is 0.761. The standard InChI is InChI=1S/C16H23FN2OS/c1-4-16(5-2,14(18)21)15(20)19-9-8-12-6-7-13(17)10-11(12)3/h6-7,10H,4-5,8-9H2,1-3H3,(H2,18,21)(H,19,20). The highest BCUT2D eigenvalue weighted by Crippen LogP contribution is 2.27. The second-order valence-electron chi connectivity index (χ2n) is 5.23. The summed E-state index contributed by atoms with van der Waals surface area (Å²) >= 11 is 5.06. The van der Waals surface area contributed by atoms with Gasteiger partial charge in [-0.2, -0.15) is 0 Å². The van der Waals surface area contributed by atoms with Crippen LogP contribution in [-0.4, -0.2) is 17.4 Å². The Hall–Kier alpha value is -1.49. The van der Waals surface area contributed by atoms with Gasteiger partial charge in [0.2, 0.25) is 5.91 Å². The predicted octanol–water partition coefficient (Wildman–Crippen LogP) is 2.89. The van der Waals surface area contributed by atoms with Gasteiger partial charge in [-0.3, -0.25) is 4.79 Å². The monoisotopic (exact) mass is 310 g/mol. The van der Waals surface area contributed by atoms with Gasteiger partial charge in [0, 0.05) is 6.54 Å². The molecule has 3 nitrogen and oxygen atoms in total. The summed E-state index contributed by atoms with van der Waals surface area (Å²) in [6.45, 7) is 6.16. The number of benzene rings is 1. The van der Waals surface area contributed by atoms with Gasteiger partial charge in [-0.15, -0.1) is 0 Å². The van der Waals surface area contributed by atoms with E-state index in [1.165, 1.54) is 12.1 Å². The van der Waals surface area contributed by atoms with Crippen LogP contribution in [0.15, 0.2) is 18.2 Å². The van der Waals surface area contributed by atoms with Crippen molar-refractivity contribution >= 4 is 23.1 Å². The number of amides is 1. The van der Waals surface area contributed by atoms with Crippen molar-refractivity contribution in [1.29, 1.82) is 0 Å². The molecule has 1 aromatic rings.